The number of amides is 2. The van der Waals surface area contributed by atoms with Crippen LogP contribution in [0.15, 0.2) is 17.5 Å². The number of carboxylic acids is 1. The smallest absolute Gasteiger partial charge is 0.326 e. The molecule has 5 nitrogen and oxygen atoms in total. The molecule has 0 aliphatic heterocycles. The first-order valence-electron chi connectivity index (χ1n) is 5.80. The normalized spacial score (nSPS) is 12.2. The van der Waals surface area contributed by atoms with Crippen LogP contribution < -0.4 is 10.6 Å². The van der Waals surface area contributed by atoms with Crippen LogP contribution in [0.3, 0.4) is 0 Å². The van der Waals surface area contributed by atoms with Crippen LogP contribution in [0, 0.1) is 5.92 Å². The summed E-state index contributed by atoms with van der Waals surface area (Å²) in [5.41, 5.74) is 0. The summed E-state index contributed by atoms with van der Waals surface area (Å²) in [6.45, 7) is 4.01. The average molecular weight is 270 g/mol. The van der Waals surface area contributed by atoms with Crippen LogP contribution >= 0.6 is 11.3 Å². The van der Waals surface area contributed by atoms with Gasteiger partial charge in [0.1, 0.15) is 6.04 Å². The van der Waals surface area contributed by atoms with Crippen molar-refractivity contribution in [2.45, 2.75) is 26.3 Å². The van der Waals surface area contributed by atoms with Crippen LogP contribution in [0.1, 0.15) is 18.7 Å². The maximum Gasteiger partial charge on any atom is 0.326 e. The van der Waals surface area contributed by atoms with Gasteiger partial charge in [-0.1, -0.05) is 19.9 Å². The van der Waals surface area contributed by atoms with Crippen molar-refractivity contribution in [1.29, 1.82) is 0 Å². The van der Waals surface area contributed by atoms with Gasteiger partial charge in [0.2, 0.25) is 0 Å². The van der Waals surface area contributed by atoms with Gasteiger partial charge in [0.05, 0.1) is 0 Å². The van der Waals surface area contributed by atoms with Crippen LogP contribution in [0.4, 0.5) is 4.79 Å². The van der Waals surface area contributed by atoms with Crippen molar-refractivity contribution in [3.05, 3.63) is 22.4 Å². The molecular formula is C12H18N2O3S. The zero-order valence-corrected chi connectivity index (χ0v) is 11.3. The Kier molecular flexibility index (Phi) is 5.64. The highest BCUT2D eigenvalue weighted by atomic mass is 32.1. The molecule has 1 heterocycles. The molecule has 0 spiro atoms. The molecule has 0 aromatic carbocycles. The van der Waals surface area contributed by atoms with E-state index < -0.39 is 18.0 Å². The van der Waals surface area contributed by atoms with Gasteiger partial charge >= 0.3 is 12.0 Å². The van der Waals surface area contributed by atoms with E-state index in [1.807, 2.05) is 17.5 Å². The van der Waals surface area contributed by atoms with E-state index in [1.54, 1.807) is 25.2 Å². The molecule has 6 heteroatoms. The van der Waals surface area contributed by atoms with Gasteiger partial charge < -0.3 is 15.7 Å². The highest BCUT2D eigenvalue weighted by Crippen LogP contribution is 2.08. The summed E-state index contributed by atoms with van der Waals surface area (Å²) >= 11 is 1.63. The lowest BCUT2D eigenvalue weighted by molar-refractivity contribution is -0.140. The standard InChI is InChI=1S/C12H18N2O3S/c1-8(2)10(11(15)16)14-12(17)13-6-5-9-4-3-7-18-9/h3-4,7-8,10H,5-6H2,1-2H3,(H,15,16)(H2,13,14,17)/t10-/m1/s1. The summed E-state index contributed by atoms with van der Waals surface area (Å²) < 4.78 is 0. The quantitative estimate of drug-likeness (QED) is 0.736. The van der Waals surface area contributed by atoms with Gasteiger partial charge in [-0.2, -0.15) is 0 Å². The number of aliphatic carboxylic acids is 1. The maximum absolute atomic E-state index is 11.5. The van der Waals surface area contributed by atoms with Crippen molar-refractivity contribution in [2.75, 3.05) is 6.54 Å². The second-order valence-corrected chi connectivity index (χ2v) is 5.32. The predicted octanol–water partition coefficient (Wildman–Crippen LogP) is 1.70. The molecule has 2 amide bonds. The Labute approximate surface area is 110 Å². The molecule has 1 atom stereocenters. The summed E-state index contributed by atoms with van der Waals surface area (Å²) in [4.78, 5) is 23.6. The van der Waals surface area contributed by atoms with E-state index in [2.05, 4.69) is 10.6 Å². The average Bonchev–Trinajstić information content (AvgIpc) is 2.78. The SMILES string of the molecule is CC(C)[C@@H](NC(=O)NCCc1cccs1)C(=O)O. The second kappa shape index (κ2) is 7.00. The Balaban J connectivity index is 2.30. The van der Waals surface area contributed by atoms with Gasteiger partial charge in [0, 0.05) is 11.4 Å². The van der Waals surface area contributed by atoms with Crippen molar-refractivity contribution in [2.24, 2.45) is 5.92 Å². The fourth-order valence-corrected chi connectivity index (χ4v) is 2.17. The maximum atomic E-state index is 11.5. The molecule has 1 rings (SSSR count). The summed E-state index contributed by atoms with van der Waals surface area (Å²) in [5.74, 6) is -1.16. The monoisotopic (exact) mass is 270 g/mol. The number of rotatable bonds is 6. The number of nitrogens with one attached hydrogen (secondary N) is 2. The zero-order valence-electron chi connectivity index (χ0n) is 10.5. The third-order valence-electron chi connectivity index (χ3n) is 2.46. The van der Waals surface area contributed by atoms with E-state index >= 15 is 0 Å². The number of thiophene rings is 1. The Morgan fingerprint density at radius 3 is 2.67 bits per heavy atom. The van der Waals surface area contributed by atoms with Gasteiger partial charge in [-0.05, 0) is 23.8 Å². The fraction of sp³-hybridized carbons (Fsp3) is 0.500. The van der Waals surface area contributed by atoms with Gasteiger partial charge in [-0.25, -0.2) is 9.59 Å². The zero-order chi connectivity index (χ0) is 13.5. The largest absolute Gasteiger partial charge is 0.480 e. The number of urea groups is 1. The highest BCUT2D eigenvalue weighted by molar-refractivity contribution is 7.09. The summed E-state index contributed by atoms with van der Waals surface area (Å²) in [5, 5.41) is 16.0. The van der Waals surface area contributed by atoms with Crippen LogP contribution in [0.2, 0.25) is 0 Å². The van der Waals surface area contributed by atoms with Crippen molar-refractivity contribution in [3.63, 3.8) is 0 Å². The molecule has 3 N–H and O–H groups in total. The van der Waals surface area contributed by atoms with E-state index in [4.69, 9.17) is 5.11 Å². The van der Waals surface area contributed by atoms with Crippen LogP contribution in [-0.4, -0.2) is 29.7 Å². The molecule has 0 radical (unpaired) electrons. The minimum atomic E-state index is -1.02. The van der Waals surface area contributed by atoms with E-state index in [1.165, 1.54) is 4.88 Å². The number of carbonyl (C=O) groups is 2. The number of carbonyl (C=O) groups excluding carboxylic acids is 1. The molecule has 0 saturated carbocycles. The molecule has 0 fully saturated rings. The van der Waals surface area contributed by atoms with Gasteiger partial charge in [0.15, 0.2) is 0 Å². The van der Waals surface area contributed by atoms with Gasteiger partial charge in [-0.3, -0.25) is 0 Å². The Morgan fingerprint density at radius 1 is 1.44 bits per heavy atom. The van der Waals surface area contributed by atoms with Crippen molar-refractivity contribution in [1.82, 2.24) is 10.6 Å². The third-order valence-corrected chi connectivity index (χ3v) is 3.39. The molecule has 1 aromatic rings. The lowest BCUT2D eigenvalue weighted by Crippen LogP contribution is -2.48. The second-order valence-electron chi connectivity index (χ2n) is 4.29. The first-order chi connectivity index (χ1) is 8.50. The number of hydrogen-bond acceptors (Lipinski definition) is 3. The van der Waals surface area contributed by atoms with Gasteiger partial charge in [0.25, 0.3) is 0 Å². The molecular weight excluding hydrogens is 252 g/mol. The molecule has 0 bridgehead atoms. The van der Waals surface area contributed by atoms with Gasteiger partial charge in [-0.15, -0.1) is 11.3 Å². The Bertz CT molecular complexity index is 390. The van der Waals surface area contributed by atoms with Crippen molar-refractivity contribution >= 4 is 23.3 Å². The van der Waals surface area contributed by atoms with E-state index in [0.717, 1.165) is 6.42 Å². The summed E-state index contributed by atoms with van der Waals surface area (Å²) in [7, 11) is 0. The molecule has 1 aromatic heterocycles. The van der Waals surface area contributed by atoms with Crippen LogP contribution in [0.5, 0.6) is 0 Å². The first kappa shape index (κ1) is 14.5. The van der Waals surface area contributed by atoms with Crippen molar-refractivity contribution in [3.8, 4) is 0 Å². The minimum absolute atomic E-state index is 0.148. The predicted molar refractivity (Wildman–Crippen MR) is 70.8 cm³/mol. The lowest BCUT2D eigenvalue weighted by atomic mass is 10.1. The number of hydrogen-bond donors (Lipinski definition) is 3. The van der Waals surface area contributed by atoms with E-state index in [9.17, 15) is 9.59 Å². The topological polar surface area (TPSA) is 78.4 Å². The highest BCUT2D eigenvalue weighted by Gasteiger charge is 2.22. The molecule has 18 heavy (non-hydrogen) atoms. The molecule has 0 unspecified atom stereocenters. The molecule has 0 saturated heterocycles. The van der Waals surface area contributed by atoms with Crippen LogP contribution in [-0.2, 0) is 11.2 Å². The first-order valence-corrected chi connectivity index (χ1v) is 6.68. The molecule has 0 aliphatic carbocycles. The minimum Gasteiger partial charge on any atom is -0.480 e. The molecule has 100 valence electrons. The number of carboxylic acid groups (broad SMARTS) is 1. The summed E-state index contributed by atoms with van der Waals surface area (Å²) in [6.07, 6.45) is 0.754. The van der Waals surface area contributed by atoms with Crippen molar-refractivity contribution < 1.29 is 14.7 Å². The van der Waals surface area contributed by atoms with E-state index in [-0.39, 0.29) is 5.92 Å². The third kappa shape index (κ3) is 4.75. The summed E-state index contributed by atoms with van der Waals surface area (Å²) in [6, 6.07) is 2.66. The Hall–Kier alpha value is -1.56. The fourth-order valence-electron chi connectivity index (χ4n) is 1.46. The molecule has 0 aliphatic rings. The Morgan fingerprint density at radius 2 is 2.17 bits per heavy atom. The lowest BCUT2D eigenvalue weighted by Gasteiger charge is -2.18. The van der Waals surface area contributed by atoms with Crippen LogP contribution in [0.25, 0.3) is 0 Å². The van der Waals surface area contributed by atoms with E-state index in [0.29, 0.717) is 6.54 Å².